The van der Waals surface area contributed by atoms with E-state index >= 15 is 0 Å². The van der Waals surface area contributed by atoms with Gasteiger partial charge in [0.1, 0.15) is 11.3 Å². The van der Waals surface area contributed by atoms with E-state index in [2.05, 4.69) is 22.0 Å². The van der Waals surface area contributed by atoms with Crippen molar-refractivity contribution in [2.24, 2.45) is 0 Å². The van der Waals surface area contributed by atoms with Gasteiger partial charge in [0.15, 0.2) is 0 Å². The summed E-state index contributed by atoms with van der Waals surface area (Å²) in [7, 11) is 0. The number of rotatable bonds is 1. The van der Waals surface area contributed by atoms with E-state index in [4.69, 9.17) is 9.68 Å². The summed E-state index contributed by atoms with van der Waals surface area (Å²) in [6, 6.07) is 13.6. The Morgan fingerprint density at radius 1 is 1.17 bits per heavy atom. The largest absolute Gasteiger partial charge is 0.455 e. The third-order valence-electron chi connectivity index (χ3n) is 2.47. The fourth-order valence-electron chi connectivity index (χ4n) is 1.67. The Labute approximate surface area is 127 Å². The first-order valence-electron chi connectivity index (χ1n) is 4.96. The number of nitriles is 1. The van der Waals surface area contributed by atoms with Crippen LogP contribution in [-0.2, 0) is 0 Å². The van der Waals surface area contributed by atoms with E-state index in [-0.39, 0.29) is 17.0 Å². The molecule has 2 nitrogen and oxygen atoms in total. The second-order valence-corrected chi connectivity index (χ2v) is 6.04. The second kappa shape index (κ2) is 5.27. The lowest BCUT2D eigenvalue weighted by atomic mass is 10.2. The topological polar surface area (TPSA) is 36.9 Å². The first-order chi connectivity index (χ1) is 8.26. The number of nitrogens with zero attached hydrogens (tertiary/aromatic N) is 1. The molecule has 2 aromatic heterocycles. The molecule has 0 radical (unpaired) electrons. The first-order valence-corrected chi connectivity index (χ1v) is 6.56. The van der Waals surface area contributed by atoms with Crippen LogP contribution in [0.4, 0.5) is 0 Å². The van der Waals surface area contributed by atoms with Crippen molar-refractivity contribution in [2.75, 3.05) is 0 Å². The number of halogens is 2. The molecule has 0 aliphatic carbocycles. The van der Waals surface area contributed by atoms with E-state index in [1.807, 2.05) is 24.3 Å². The SMILES string of the molecule is Br.N#Cc1ccc2cc(-c3ccc(Br)s3)oc2c1. The second-order valence-electron chi connectivity index (χ2n) is 3.58. The maximum atomic E-state index is 8.83. The van der Waals surface area contributed by atoms with Crippen molar-refractivity contribution in [1.82, 2.24) is 0 Å². The van der Waals surface area contributed by atoms with Crippen LogP contribution in [0, 0.1) is 11.3 Å². The van der Waals surface area contributed by atoms with Crippen molar-refractivity contribution in [3.8, 4) is 16.7 Å². The van der Waals surface area contributed by atoms with E-state index in [0.29, 0.717) is 5.56 Å². The predicted octanol–water partition coefficient (Wildman–Crippen LogP) is 5.37. The van der Waals surface area contributed by atoms with Crippen LogP contribution in [0.3, 0.4) is 0 Å². The van der Waals surface area contributed by atoms with E-state index in [1.165, 1.54) is 0 Å². The minimum Gasteiger partial charge on any atom is -0.455 e. The number of hydrogen-bond donors (Lipinski definition) is 0. The van der Waals surface area contributed by atoms with Gasteiger partial charge in [-0.2, -0.15) is 5.26 Å². The minimum absolute atomic E-state index is 0. The van der Waals surface area contributed by atoms with Crippen LogP contribution in [0.2, 0.25) is 0 Å². The molecule has 0 aliphatic rings. The summed E-state index contributed by atoms with van der Waals surface area (Å²) in [5.41, 5.74) is 1.37. The zero-order chi connectivity index (χ0) is 11.8. The Balaban J connectivity index is 0.00000120. The predicted molar refractivity (Wildman–Crippen MR) is 82.3 cm³/mol. The molecule has 0 amide bonds. The van der Waals surface area contributed by atoms with Crippen LogP contribution in [0.1, 0.15) is 5.56 Å². The molecule has 5 heteroatoms. The van der Waals surface area contributed by atoms with Crippen LogP contribution in [-0.4, -0.2) is 0 Å². The Morgan fingerprint density at radius 2 is 2.00 bits per heavy atom. The smallest absolute Gasteiger partial charge is 0.145 e. The van der Waals surface area contributed by atoms with Gasteiger partial charge in [0.2, 0.25) is 0 Å². The normalized spacial score (nSPS) is 10.0. The molecule has 0 N–H and O–H groups in total. The maximum absolute atomic E-state index is 8.83. The molecular formula is C13H7Br2NOS. The lowest BCUT2D eigenvalue weighted by Crippen LogP contribution is -1.70. The van der Waals surface area contributed by atoms with E-state index in [1.54, 1.807) is 23.5 Å². The summed E-state index contributed by atoms with van der Waals surface area (Å²) in [6.07, 6.45) is 0. The standard InChI is InChI=1S/C13H6BrNOS.BrH/c14-13-4-3-12(17-13)11-6-9-2-1-8(7-15)5-10(9)16-11;/h1-6H;1H. The molecule has 18 heavy (non-hydrogen) atoms. The lowest BCUT2D eigenvalue weighted by Gasteiger charge is -1.88. The van der Waals surface area contributed by atoms with Crippen LogP contribution in [0.15, 0.2) is 44.6 Å². The Kier molecular flexibility index (Phi) is 3.91. The maximum Gasteiger partial charge on any atom is 0.145 e. The van der Waals surface area contributed by atoms with Crippen molar-refractivity contribution in [3.05, 3.63) is 45.7 Å². The average molecular weight is 385 g/mol. The van der Waals surface area contributed by atoms with Gasteiger partial charge in [-0.3, -0.25) is 0 Å². The van der Waals surface area contributed by atoms with E-state index in [9.17, 15) is 0 Å². The molecule has 0 saturated heterocycles. The molecule has 0 spiro atoms. The zero-order valence-corrected chi connectivity index (χ0v) is 13.1. The van der Waals surface area contributed by atoms with Crippen molar-refractivity contribution in [3.63, 3.8) is 0 Å². The highest BCUT2D eigenvalue weighted by molar-refractivity contribution is 9.11. The average Bonchev–Trinajstić information content (AvgIpc) is 2.93. The highest BCUT2D eigenvalue weighted by Gasteiger charge is 2.08. The molecule has 0 unspecified atom stereocenters. The molecule has 1 aromatic carbocycles. The van der Waals surface area contributed by atoms with E-state index in [0.717, 1.165) is 25.4 Å². The summed E-state index contributed by atoms with van der Waals surface area (Å²) in [6.45, 7) is 0. The summed E-state index contributed by atoms with van der Waals surface area (Å²) in [4.78, 5) is 1.08. The van der Waals surface area contributed by atoms with Gasteiger partial charge in [0.05, 0.1) is 20.3 Å². The lowest BCUT2D eigenvalue weighted by molar-refractivity contribution is 0.633. The monoisotopic (exact) mass is 383 g/mol. The van der Waals surface area contributed by atoms with Gasteiger partial charge in [-0.05, 0) is 52.3 Å². The molecule has 0 saturated carbocycles. The first kappa shape index (κ1) is 13.3. The summed E-state index contributed by atoms with van der Waals surface area (Å²) >= 11 is 5.05. The van der Waals surface area contributed by atoms with Gasteiger partial charge >= 0.3 is 0 Å². The van der Waals surface area contributed by atoms with Gasteiger partial charge in [-0.25, -0.2) is 0 Å². The van der Waals surface area contributed by atoms with Crippen molar-refractivity contribution < 1.29 is 4.42 Å². The molecular weight excluding hydrogens is 378 g/mol. The number of thiophene rings is 1. The number of furan rings is 1. The zero-order valence-electron chi connectivity index (χ0n) is 9.01. The van der Waals surface area contributed by atoms with Gasteiger partial charge < -0.3 is 4.42 Å². The third kappa shape index (κ3) is 2.37. The van der Waals surface area contributed by atoms with Crippen molar-refractivity contribution >= 4 is 55.2 Å². The summed E-state index contributed by atoms with van der Waals surface area (Å²) < 4.78 is 6.82. The highest BCUT2D eigenvalue weighted by atomic mass is 79.9. The fraction of sp³-hybridized carbons (Fsp3) is 0. The third-order valence-corrected chi connectivity index (χ3v) is 4.10. The minimum atomic E-state index is 0. The van der Waals surface area contributed by atoms with Crippen LogP contribution in [0.5, 0.6) is 0 Å². The van der Waals surface area contributed by atoms with Gasteiger partial charge in [0.25, 0.3) is 0 Å². The van der Waals surface area contributed by atoms with Gasteiger partial charge in [0, 0.05) is 5.39 Å². The number of benzene rings is 1. The van der Waals surface area contributed by atoms with Crippen LogP contribution in [0.25, 0.3) is 21.6 Å². The molecule has 0 fully saturated rings. The molecule has 0 aliphatic heterocycles. The summed E-state index contributed by atoms with van der Waals surface area (Å²) in [5.74, 6) is 0.839. The molecule has 0 bridgehead atoms. The Morgan fingerprint density at radius 3 is 2.67 bits per heavy atom. The summed E-state index contributed by atoms with van der Waals surface area (Å²) in [5, 5.41) is 9.85. The van der Waals surface area contributed by atoms with Crippen LogP contribution < -0.4 is 0 Å². The molecule has 3 rings (SSSR count). The highest BCUT2D eigenvalue weighted by Crippen LogP contribution is 2.34. The number of hydrogen-bond acceptors (Lipinski definition) is 3. The number of fused-ring (bicyclic) bond motifs is 1. The molecule has 3 aromatic rings. The van der Waals surface area contributed by atoms with Gasteiger partial charge in [-0.1, -0.05) is 0 Å². The van der Waals surface area contributed by atoms with Crippen molar-refractivity contribution in [2.45, 2.75) is 0 Å². The Bertz CT molecular complexity index is 739. The molecule has 0 atom stereocenters. The Hall–Kier alpha value is -1.09. The van der Waals surface area contributed by atoms with E-state index < -0.39 is 0 Å². The quantitative estimate of drug-likeness (QED) is 0.565. The van der Waals surface area contributed by atoms with Crippen LogP contribution >= 0.6 is 44.2 Å². The van der Waals surface area contributed by atoms with Crippen molar-refractivity contribution in [1.29, 1.82) is 5.26 Å². The molecule has 2 heterocycles. The van der Waals surface area contributed by atoms with Gasteiger partial charge in [-0.15, -0.1) is 28.3 Å². The fourth-order valence-corrected chi connectivity index (χ4v) is 3.01. The molecule has 90 valence electrons.